The molecule has 0 aromatic heterocycles. The van der Waals surface area contributed by atoms with Crippen LogP contribution >= 0.6 is 0 Å². The van der Waals surface area contributed by atoms with Crippen LogP contribution in [0, 0.1) is 0 Å². The van der Waals surface area contributed by atoms with Gasteiger partial charge < -0.3 is 4.90 Å². The summed E-state index contributed by atoms with van der Waals surface area (Å²) in [4.78, 5) is 1.45. The molecule has 0 N–H and O–H groups in total. The molecule has 0 unspecified atom stereocenters. The molecule has 1 aliphatic heterocycles. The normalized spacial score (nSPS) is 15.3. The molecule has 30 heavy (non-hydrogen) atoms. The van der Waals surface area contributed by atoms with E-state index in [4.69, 9.17) is 0 Å². The van der Waals surface area contributed by atoms with Crippen molar-refractivity contribution in [2.24, 2.45) is 0 Å². The molecular weight excluding hydrogens is 429 g/mol. The monoisotopic (exact) mass is 442 g/mol. The van der Waals surface area contributed by atoms with Crippen molar-refractivity contribution in [1.29, 1.82) is 0 Å². The first-order valence-corrected chi connectivity index (χ1v) is 8.61. The molecule has 0 amide bonds. The van der Waals surface area contributed by atoms with Crippen molar-refractivity contribution in [3.63, 3.8) is 0 Å². The third-order valence-electron chi connectivity index (χ3n) is 4.73. The second kappa shape index (κ2) is 7.28. The summed E-state index contributed by atoms with van der Waals surface area (Å²) in [6.07, 6.45) is -16.2. The molecule has 1 aliphatic rings. The Labute approximate surface area is 164 Å². The van der Waals surface area contributed by atoms with E-state index in [-0.39, 0.29) is 24.4 Å². The molecule has 1 radical (unpaired) electrons. The van der Waals surface area contributed by atoms with Crippen molar-refractivity contribution in [2.75, 3.05) is 11.4 Å². The largest absolute Gasteiger partial charge is 0.417 e. The topological polar surface area (TPSA) is 23.1 Å². The number of hydrogen-bond acceptors (Lipinski definition) is 1. The molecule has 0 spiro atoms. The van der Waals surface area contributed by atoms with Gasteiger partial charge in [-0.1, -0.05) is 0 Å². The number of halogens is 9. The maximum absolute atomic E-state index is 13.3. The highest BCUT2D eigenvalue weighted by Crippen LogP contribution is 2.47. The SMILES string of the molecule is [O]c1ccc2c(c1)CCCN2Cc1cc(C(F)(F)F)c(C(F)(F)F)c(C(F)(F)F)c1. The first kappa shape index (κ1) is 22.1. The van der Waals surface area contributed by atoms with Crippen LogP contribution in [0.1, 0.15) is 34.2 Å². The molecule has 0 atom stereocenters. The number of anilines is 1. The van der Waals surface area contributed by atoms with Crippen molar-refractivity contribution >= 4 is 5.69 Å². The molecule has 163 valence electrons. The lowest BCUT2D eigenvalue weighted by Crippen LogP contribution is -2.30. The lowest BCUT2D eigenvalue weighted by atomic mass is 9.94. The summed E-state index contributed by atoms with van der Waals surface area (Å²) >= 11 is 0. The van der Waals surface area contributed by atoms with Crippen molar-refractivity contribution in [3.05, 3.63) is 58.1 Å². The van der Waals surface area contributed by atoms with E-state index >= 15 is 0 Å². The van der Waals surface area contributed by atoms with Crippen molar-refractivity contribution < 1.29 is 44.6 Å². The lowest BCUT2D eigenvalue weighted by molar-refractivity contribution is -0.174. The zero-order chi connectivity index (χ0) is 22.5. The minimum absolute atomic E-state index is 0.105. The van der Waals surface area contributed by atoms with Gasteiger partial charge in [-0.2, -0.15) is 39.5 Å². The van der Waals surface area contributed by atoms with Gasteiger partial charge in [-0.05, 0) is 54.3 Å². The fourth-order valence-corrected chi connectivity index (χ4v) is 3.58. The molecule has 0 aliphatic carbocycles. The van der Waals surface area contributed by atoms with Crippen molar-refractivity contribution in [1.82, 2.24) is 0 Å². The fraction of sp³-hybridized carbons (Fsp3) is 0.368. The first-order chi connectivity index (χ1) is 13.7. The summed E-state index contributed by atoms with van der Waals surface area (Å²) in [5.41, 5.74) is -7.06. The van der Waals surface area contributed by atoms with Gasteiger partial charge in [-0.15, -0.1) is 0 Å². The summed E-state index contributed by atoms with van der Waals surface area (Å²) in [6, 6.07) is 4.13. The molecule has 0 saturated heterocycles. The number of alkyl halides is 9. The molecule has 2 nitrogen and oxygen atoms in total. The molecule has 2 aromatic carbocycles. The van der Waals surface area contributed by atoms with Gasteiger partial charge >= 0.3 is 18.5 Å². The van der Waals surface area contributed by atoms with Crippen molar-refractivity contribution in [2.45, 2.75) is 37.9 Å². The first-order valence-electron chi connectivity index (χ1n) is 8.61. The fourth-order valence-electron chi connectivity index (χ4n) is 3.58. The van der Waals surface area contributed by atoms with Gasteiger partial charge in [0.05, 0.1) is 16.7 Å². The molecular formula is C19H13F9NO. The highest BCUT2D eigenvalue weighted by molar-refractivity contribution is 5.58. The Morgan fingerprint density at radius 3 is 1.87 bits per heavy atom. The van der Waals surface area contributed by atoms with Gasteiger partial charge in [0.2, 0.25) is 0 Å². The van der Waals surface area contributed by atoms with Gasteiger partial charge in [0.1, 0.15) is 0 Å². The van der Waals surface area contributed by atoms with Crippen LogP contribution in [0.5, 0.6) is 5.75 Å². The van der Waals surface area contributed by atoms with E-state index in [1.54, 1.807) is 0 Å². The highest BCUT2D eigenvalue weighted by atomic mass is 19.4. The van der Waals surface area contributed by atoms with E-state index in [1.807, 2.05) is 0 Å². The van der Waals surface area contributed by atoms with Crippen LogP contribution in [-0.2, 0) is 36.6 Å². The van der Waals surface area contributed by atoms with Crippen molar-refractivity contribution in [3.8, 4) is 5.75 Å². The lowest BCUT2D eigenvalue weighted by Gasteiger charge is -2.32. The second-order valence-electron chi connectivity index (χ2n) is 6.87. The third kappa shape index (κ3) is 4.44. The van der Waals surface area contributed by atoms with Crippen LogP contribution in [0.2, 0.25) is 0 Å². The Kier molecular flexibility index (Phi) is 5.36. The molecule has 0 fully saturated rings. The van der Waals surface area contributed by atoms with Gasteiger partial charge in [0.25, 0.3) is 0 Å². The average Bonchev–Trinajstić information content (AvgIpc) is 2.58. The highest BCUT2D eigenvalue weighted by Gasteiger charge is 2.50. The zero-order valence-corrected chi connectivity index (χ0v) is 15.0. The van der Waals surface area contributed by atoms with Crippen LogP contribution < -0.4 is 4.90 Å². The molecule has 2 aromatic rings. The molecule has 0 bridgehead atoms. The molecule has 1 heterocycles. The Balaban J connectivity index is 2.14. The van der Waals surface area contributed by atoms with Crippen LogP contribution in [0.3, 0.4) is 0 Å². The Hall–Kier alpha value is -2.59. The maximum atomic E-state index is 13.3. The average molecular weight is 442 g/mol. The molecule has 3 rings (SSSR count). The van der Waals surface area contributed by atoms with E-state index < -0.39 is 47.3 Å². The number of benzene rings is 2. The van der Waals surface area contributed by atoms with Gasteiger partial charge in [-0.25, -0.2) is 0 Å². The summed E-state index contributed by atoms with van der Waals surface area (Å²) in [6.45, 7) is -0.218. The number of fused-ring (bicyclic) bond motifs is 1. The van der Waals surface area contributed by atoms with E-state index in [9.17, 15) is 44.6 Å². The smallest absolute Gasteiger partial charge is 0.367 e. The van der Waals surface area contributed by atoms with E-state index in [0.717, 1.165) is 0 Å². The summed E-state index contributed by atoms with van der Waals surface area (Å²) in [5, 5.41) is 11.5. The van der Waals surface area contributed by atoms with E-state index in [2.05, 4.69) is 0 Å². The Morgan fingerprint density at radius 1 is 0.800 bits per heavy atom. The summed E-state index contributed by atoms with van der Waals surface area (Å²) in [7, 11) is 0. The minimum atomic E-state index is -5.85. The van der Waals surface area contributed by atoms with Crippen LogP contribution in [0.25, 0.3) is 0 Å². The minimum Gasteiger partial charge on any atom is -0.367 e. The summed E-state index contributed by atoms with van der Waals surface area (Å²) < 4.78 is 119. The van der Waals surface area contributed by atoms with Crippen LogP contribution in [0.15, 0.2) is 30.3 Å². The number of rotatable bonds is 2. The maximum Gasteiger partial charge on any atom is 0.417 e. The van der Waals surface area contributed by atoms with Gasteiger partial charge in [0.15, 0.2) is 5.75 Å². The van der Waals surface area contributed by atoms with E-state index in [1.165, 1.54) is 23.1 Å². The Bertz CT molecular complexity index is 909. The predicted molar refractivity (Wildman–Crippen MR) is 87.4 cm³/mol. The third-order valence-corrected chi connectivity index (χ3v) is 4.73. The van der Waals surface area contributed by atoms with Crippen LogP contribution in [0.4, 0.5) is 45.2 Å². The Morgan fingerprint density at radius 2 is 1.37 bits per heavy atom. The van der Waals surface area contributed by atoms with E-state index in [0.29, 0.717) is 24.1 Å². The molecule has 0 saturated carbocycles. The zero-order valence-electron chi connectivity index (χ0n) is 15.0. The second-order valence-corrected chi connectivity index (χ2v) is 6.87. The number of aryl methyl sites for hydroxylation is 1. The molecule has 11 heteroatoms. The summed E-state index contributed by atoms with van der Waals surface area (Å²) in [5.74, 6) is -0.302. The van der Waals surface area contributed by atoms with Gasteiger partial charge in [-0.3, -0.25) is 5.11 Å². The number of nitrogens with zero attached hydrogens (tertiary/aromatic N) is 1. The predicted octanol–water partition coefficient (Wildman–Crippen LogP) is 6.84. The standard InChI is InChI=1S/C19H13F9NO/c20-17(21,22)13-6-10(7-14(18(23,24)25)16(13)19(26,27)28)9-29-5-1-2-11-8-12(30)3-4-15(11)29/h3-4,6-8H,1-2,5,9H2. The quantitative estimate of drug-likeness (QED) is 0.467. The number of hydrogen-bond donors (Lipinski definition) is 0. The van der Waals surface area contributed by atoms with Crippen LogP contribution in [-0.4, -0.2) is 6.54 Å². The van der Waals surface area contributed by atoms with Gasteiger partial charge in [0, 0.05) is 18.8 Å².